The van der Waals surface area contributed by atoms with Gasteiger partial charge in [-0.2, -0.15) is 11.8 Å². The summed E-state index contributed by atoms with van der Waals surface area (Å²) in [7, 11) is 0. The third-order valence-corrected chi connectivity index (χ3v) is 12.8. The fourth-order valence-electron chi connectivity index (χ4n) is 7.96. The molecule has 2 aromatic heterocycles. The van der Waals surface area contributed by atoms with Gasteiger partial charge >= 0.3 is 0 Å². The summed E-state index contributed by atoms with van der Waals surface area (Å²) >= 11 is 3.72. The lowest BCUT2D eigenvalue weighted by Gasteiger charge is -2.37. The lowest BCUT2D eigenvalue weighted by Crippen LogP contribution is -2.51. The fraction of sp³-hybridized carbons (Fsp3) is 0.588. The number of hydrogen-bond acceptors (Lipinski definition) is 6. The van der Waals surface area contributed by atoms with Gasteiger partial charge in [0.1, 0.15) is 4.83 Å². The molecule has 1 N–H and O–H groups in total. The molecule has 1 unspecified atom stereocenters. The second kappa shape index (κ2) is 11.1. The van der Waals surface area contributed by atoms with Gasteiger partial charge in [0.25, 0.3) is 0 Å². The van der Waals surface area contributed by atoms with Crippen molar-refractivity contribution in [3.05, 3.63) is 45.8 Å². The number of carbonyl (C=O) groups excluding carboxylic acids is 2. The molecule has 1 amide bonds. The molecule has 1 aromatic carbocycles. The minimum atomic E-state index is -0.620. The van der Waals surface area contributed by atoms with Crippen molar-refractivity contribution in [2.24, 2.45) is 0 Å². The van der Waals surface area contributed by atoms with Crippen molar-refractivity contribution in [2.75, 3.05) is 44.2 Å². The van der Waals surface area contributed by atoms with Crippen LogP contribution in [-0.4, -0.2) is 93.7 Å². The van der Waals surface area contributed by atoms with E-state index in [1.165, 1.54) is 29.1 Å². The average molecular weight is 605 g/mol. The molecule has 224 valence electrons. The SMILES string of the molecule is Cc1cc(C)cc(-c2[nH]c3sc(C(C)(C)C(=O)N4C5CCC4CC5)cc3c2C(=O)CN2CCN(C3CCSC3)CC2)c1. The maximum Gasteiger partial charge on any atom is 0.233 e. The number of aromatic amines is 1. The fourth-order valence-corrected chi connectivity index (χ4v) is 10.4. The van der Waals surface area contributed by atoms with E-state index in [0.29, 0.717) is 24.7 Å². The zero-order chi connectivity index (χ0) is 29.2. The number of aromatic nitrogens is 1. The third kappa shape index (κ3) is 5.06. The summed E-state index contributed by atoms with van der Waals surface area (Å²) in [6.07, 6.45) is 5.86. The van der Waals surface area contributed by atoms with Crippen molar-refractivity contribution in [1.82, 2.24) is 19.7 Å². The third-order valence-electron chi connectivity index (χ3n) is 10.3. The largest absolute Gasteiger partial charge is 0.346 e. The van der Waals surface area contributed by atoms with Crippen LogP contribution < -0.4 is 0 Å². The number of nitrogens with zero attached hydrogens (tertiary/aromatic N) is 3. The van der Waals surface area contributed by atoms with Crippen LogP contribution in [-0.2, 0) is 10.2 Å². The Hall–Kier alpha value is -2.13. The minimum Gasteiger partial charge on any atom is -0.346 e. The normalized spacial score (nSPS) is 25.2. The number of aryl methyl sites for hydroxylation is 2. The second-order valence-electron chi connectivity index (χ2n) is 13.7. The Morgan fingerprint density at radius 2 is 1.57 bits per heavy atom. The second-order valence-corrected chi connectivity index (χ2v) is 15.9. The van der Waals surface area contributed by atoms with Gasteiger partial charge in [0.2, 0.25) is 5.91 Å². The molecule has 4 aliphatic rings. The molecule has 1 atom stereocenters. The molecule has 4 saturated heterocycles. The van der Waals surface area contributed by atoms with Gasteiger partial charge in [-0.3, -0.25) is 19.4 Å². The molecule has 4 aliphatic heterocycles. The molecule has 8 heteroatoms. The number of hydrogen-bond donors (Lipinski definition) is 1. The van der Waals surface area contributed by atoms with Gasteiger partial charge in [0.05, 0.1) is 23.2 Å². The van der Waals surface area contributed by atoms with Crippen LogP contribution in [0.15, 0.2) is 24.3 Å². The molecular weight excluding hydrogens is 561 g/mol. The zero-order valence-corrected chi connectivity index (χ0v) is 27.1. The number of benzene rings is 1. The Bertz CT molecular complexity index is 1470. The van der Waals surface area contributed by atoms with Gasteiger partial charge < -0.3 is 9.88 Å². The summed E-state index contributed by atoms with van der Waals surface area (Å²) in [6.45, 7) is 12.8. The van der Waals surface area contributed by atoms with Crippen LogP contribution in [0.3, 0.4) is 0 Å². The number of piperazine rings is 1. The first-order valence-corrected chi connectivity index (χ1v) is 17.8. The maximum atomic E-state index is 14.2. The van der Waals surface area contributed by atoms with Gasteiger partial charge in [0, 0.05) is 60.3 Å². The number of thioether (sulfide) groups is 1. The topological polar surface area (TPSA) is 59.7 Å². The van der Waals surface area contributed by atoms with E-state index in [1.807, 2.05) is 0 Å². The number of thiophene rings is 1. The van der Waals surface area contributed by atoms with E-state index in [0.717, 1.165) is 83.8 Å². The molecule has 4 fully saturated rings. The summed E-state index contributed by atoms with van der Waals surface area (Å²) in [5, 5.41) is 0.973. The Balaban J connectivity index is 1.19. The predicted octanol–water partition coefficient (Wildman–Crippen LogP) is 6.25. The molecule has 0 spiro atoms. The van der Waals surface area contributed by atoms with Crippen LogP contribution in [0.2, 0.25) is 0 Å². The highest BCUT2D eigenvalue weighted by atomic mass is 32.2. The number of H-pyrrole nitrogens is 1. The number of amides is 1. The smallest absolute Gasteiger partial charge is 0.233 e. The zero-order valence-electron chi connectivity index (χ0n) is 25.5. The molecule has 2 bridgehead atoms. The number of nitrogens with one attached hydrogen (secondary N) is 1. The lowest BCUT2D eigenvalue weighted by molar-refractivity contribution is -0.137. The summed E-state index contributed by atoms with van der Waals surface area (Å²) in [5.74, 6) is 2.94. The number of Topliss-reactive ketones (excluding diaryl/α,β-unsaturated/α-hetero) is 1. The average Bonchev–Trinajstić information content (AvgIpc) is 3.78. The van der Waals surface area contributed by atoms with Gasteiger partial charge in [-0.05, 0) is 89.3 Å². The van der Waals surface area contributed by atoms with Crippen LogP contribution in [0.1, 0.15) is 72.3 Å². The van der Waals surface area contributed by atoms with E-state index < -0.39 is 5.41 Å². The lowest BCUT2D eigenvalue weighted by atomic mass is 9.88. The Morgan fingerprint density at radius 3 is 2.19 bits per heavy atom. The molecule has 0 saturated carbocycles. The van der Waals surface area contributed by atoms with Crippen molar-refractivity contribution < 1.29 is 9.59 Å². The number of fused-ring (bicyclic) bond motifs is 3. The van der Waals surface area contributed by atoms with Crippen molar-refractivity contribution in [3.63, 3.8) is 0 Å². The van der Waals surface area contributed by atoms with Crippen molar-refractivity contribution >= 4 is 45.0 Å². The summed E-state index contributed by atoms with van der Waals surface area (Å²) < 4.78 is 0. The summed E-state index contributed by atoms with van der Waals surface area (Å²) in [6, 6.07) is 10.2. The highest BCUT2D eigenvalue weighted by molar-refractivity contribution is 7.99. The van der Waals surface area contributed by atoms with E-state index in [9.17, 15) is 9.59 Å². The number of rotatable bonds is 7. The van der Waals surface area contributed by atoms with E-state index >= 15 is 0 Å². The van der Waals surface area contributed by atoms with E-state index in [4.69, 9.17) is 0 Å². The first kappa shape index (κ1) is 28.6. The number of ketones is 1. The molecule has 0 aliphatic carbocycles. The van der Waals surface area contributed by atoms with E-state index in [2.05, 4.69) is 83.4 Å². The van der Waals surface area contributed by atoms with Crippen LogP contribution >= 0.6 is 23.1 Å². The molecule has 6 heterocycles. The Kier molecular flexibility index (Phi) is 7.57. The number of carbonyl (C=O) groups is 2. The monoisotopic (exact) mass is 604 g/mol. The van der Waals surface area contributed by atoms with Gasteiger partial charge in [-0.1, -0.05) is 17.2 Å². The predicted molar refractivity (Wildman–Crippen MR) is 175 cm³/mol. The van der Waals surface area contributed by atoms with Crippen LogP contribution in [0.4, 0.5) is 0 Å². The first-order valence-electron chi connectivity index (χ1n) is 15.8. The van der Waals surface area contributed by atoms with Gasteiger partial charge in [-0.25, -0.2) is 0 Å². The molecule has 7 rings (SSSR count). The molecule has 42 heavy (non-hydrogen) atoms. The Labute approximate surface area is 258 Å². The first-order chi connectivity index (χ1) is 20.2. The highest BCUT2D eigenvalue weighted by Gasteiger charge is 2.47. The maximum absolute atomic E-state index is 14.2. The molecular formula is C34H44N4O2S2. The highest BCUT2D eigenvalue weighted by Crippen LogP contribution is 2.44. The van der Waals surface area contributed by atoms with Gasteiger partial charge in [0.15, 0.2) is 5.78 Å². The summed E-state index contributed by atoms with van der Waals surface area (Å²) in [4.78, 5) is 41.1. The molecule has 0 radical (unpaired) electrons. The van der Waals surface area contributed by atoms with E-state index in [-0.39, 0.29) is 11.7 Å². The van der Waals surface area contributed by atoms with Crippen LogP contribution in [0.5, 0.6) is 0 Å². The summed E-state index contributed by atoms with van der Waals surface area (Å²) in [5.41, 5.74) is 4.53. The van der Waals surface area contributed by atoms with Crippen molar-refractivity contribution in [3.8, 4) is 11.3 Å². The molecule has 3 aromatic rings. The van der Waals surface area contributed by atoms with Crippen LogP contribution in [0.25, 0.3) is 21.5 Å². The quantitative estimate of drug-likeness (QED) is 0.323. The van der Waals surface area contributed by atoms with Gasteiger partial charge in [-0.15, -0.1) is 11.3 Å². The van der Waals surface area contributed by atoms with Crippen LogP contribution in [0, 0.1) is 13.8 Å². The molecule has 6 nitrogen and oxygen atoms in total. The van der Waals surface area contributed by atoms with E-state index in [1.54, 1.807) is 11.3 Å². The van der Waals surface area contributed by atoms with Crippen molar-refractivity contribution in [1.29, 1.82) is 0 Å². The van der Waals surface area contributed by atoms with Crippen molar-refractivity contribution in [2.45, 2.75) is 83.3 Å². The standard InChI is InChI=1S/C34H44N4O2S2/c1-21-15-22(2)17-23(16-21)31-30(28(39)19-36-10-12-37(13-11-36)26-9-14-41-20-26)27-18-29(42-32(27)35-31)34(3,4)33(40)38-24-5-6-25(38)8-7-24/h15-18,24-26,35H,5-14,19-20H2,1-4H3. The Morgan fingerprint density at radius 1 is 0.905 bits per heavy atom. The minimum absolute atomic E-state index is 0.173.